The van der Waals surface area contributed by atoms with Gasteiger partial charge in [0, 0.05) is 5.56 Å². The van der Waals surface area contributed by atoms with Gasteiger partial charge in [0.15, 0.2) is 5.78 Å². The van der Waals surface area contributed by atoms with Gasteiger partial charge in [0.2, 0.25) is 0 Å². The molecule has 0 saturated heterocycles. The van der Waals surface area contributed by atoms with Gasteiger partial charge in [-0.1, -0.05) is 11.6 Å². The van der Waals surface area contributed by atoms with Crippen LogP contribution in [-0.4, -0.2) is 10.7 Å². The molecule has 0 aliphatic carbocycles. The number of nitrogens with zero attached hydrogens (tertiary/aromatic N) is 1. The van der Waals surface area contributed by atoms with Crippen molar-refractivity contribution in [1.29, 1.82) is 0 Å². The molecule has 0 aliphatic rings. The Morgan fingerprint density at radius 2 is 2.14 bits per heavy atom. The molecule has 0 saturated carbocycles. The van der Waals surface area contributed by atoms with Crippen LogP contribution in [0.2, 0.25) is 5.02 Å². The molecule has 0 atom stereocenters. The quantitative estimate of drug-likeness (QED) is 0.363. The molecule has 1 rings (SSSR count). The highest BCUT2D eigenvalue weighted by Crippen LogP contribution is 2.32. The zero-order valence-corrected chi connectivity index (χ0v) is 10.00. The first kappa shape index (κ1) is 11.4. The minimum Gasteiger partial charge on any atom is -0.294 e. The minimum atomic E-state index is -0.587. The van der Waals surface area contributed by atoms with Gasteiger partial charge in [0.25, 0.3) is 0 Å². The maximum atomic E-state index is 11.0. The second-order valence-electron chi connectivity index (χ2n) is 2.57. The zero-order chi connectivity index (χ0) is 10.9. The summed E-state index contributed by atoms with van der Waals surface area (Å²) in [5.74, 6) is -0.283. The van der Waals surface area contributed by atoms with E-state index in [2.05, 4.69) is 0 Å². The predicted molar refractivity (Wildman–Crippen MR) is 60.8 cm³/mol. The summed E-state index contributed by atoms with van der Waals surface area (Å²) in [6.07, 6.45) is 0. The van der Waals surface area contributed by atoms with E-state index in [1.54, 1.807) is 22.6 Å². The zero-order valence-electron chi connectivity index (χ0n) is 7.08. The molecule has 4 nitrogen and oxygen atoms in total. The molecule has 0 N–H and O–H groups in total. The van der Waals surface area contributed by atoms with Crippen molar-refractivity contribution in [2.45, 2.75) is 6.92 Å². The number of nitro benzene ring substituents is 1. The third-order valence-electron chi connectivity index (χ3n) is 1.63. The topological polar surface area (TPSA) is 60.2 Å². The molecule has 0 amide bonds. The Labute approximate surface area is 98.5 Å². The standard InChI is InChI=1S/C8H5ClINO3/c1-4(12)5-2-3-6(10)8(7(5)9)11(13)14/h2-3H,1H3. The summed E-state index contributed by atoms with van der Waals surface area (Å²) in [6, 6.07) is 2.99. The number of carbonyl (C=O) groups is 1. The highest BCUT2D eigenvalue weighted by Gasteiger charge is 2.21. The molecule has 0 spiro atoms. The van der Waals surface area contributed by atoms with Crippen LogP contribution in [0.25, 0.3) is 0 Å². The Hall–Kier alpha value is -0.690. The van der Waals surface area contributed by atoms with E-state index in [0.29, 0.717) is 3.57 Å². The lowest BCUT2D eigenvalue weighted by molar-refractivity contribution is -0.385. The smallest absolute Gasteiger partial charge is 0.294 e. The fourth-order valence-corrected chi connectivity index (χ4v) is 2.15. The molecule has 0 heterocycles. The number of carbonyl (C=O) groups excluding carboxylic acids is 1. The molecular weight excluding hydrogens is 320 g/mol. The van der Waals surface area contributed by atoms with Crippen LogP contribution in [0.1, 0.15) is 17.3 Å². The van der Waals surface area contributed by atoms with Gasteiger partial charge in [-0.15, -0.1) is 0 Å². The maximum Gasteiger partial charge on any atom is 0.301 e. The second-order valence-corrected chi connectivity index (χ2v) is 4.11. The average Bonchev–Trinajstić information content (AvgIpc) is 2.02. The maximum absolute atomic E-state index is 11.0. The molecular formula is C8H5ClINO3. The molecule has 1 aromatic carbocycles. The van der Waals surface area contributed by atoms with Gasteiger partial charge in [-0.2, -0.15) is 0 Å². The van der Waals surface area contributed by atoms with Gasteiger partial charge >= 0.3 is 5.69 Å². The molecule has 0 aliphatic heterocycles. The molecule has 0 radical (unpaired) electrons. The Morgan fingerprint density at radius 3 is 2.57 bits per heavy atom. The number of hydrogen-bond acceptors (Lipinski definition) is 3. The monoisotopic (exact) mass is 325 g/mol. The first-order chi connectivity index (χ1) is 6.45. The van der Waals surface area contributed by atoms with E-state index >= 15 is 0 Å². The lowest BCUT2D eigenvalue weighted by atomic mass is 10.1. The van der Waals surface area contributed by atoms with E-state index in [9.17, 15) is 14.9 Å². The Balaban J connectivity index is 3.49. The van der Waals surface area contributed by atoms with Gasteiger partial charge < -0.3 is 0 Å². The van der Waals surface area contributed by atoms with Crippen LogP contribution >= 0.6 is 34.2 Å². The van der Waals surface area contributed by atoms with Crippen molar-refractivity contribution >= 4 is 45.7 Å². The highest BCUT2D eigenvalue weighted by molar-refractivity contribution is 14.1. The molecule has 0 fully saturated rings. The minimum absolute atomic E-state index is 0.0885. The molecule has 0 aromatic heterocycles. The summed E-state index contributed by atoms with van der Waals surface area (Å²) < 4.78 is 0.419. The highest BCUT2D eigenvalue weighted by atomic mass is 127. The third kappa shape index (κ3) is 2.03. The first-order valence-electron chi connectivity index (χ1n) is 3.58. The van der Waals surface area contributed by atoms with Gasteiger partial charge in [-0.05, 0) is 41.6 Å². The first-order valence-corrected chi connectivity index (χ1v) is 5.04. The molecule has 74 valence electrons. The molecule has 0 bridgehead atoms. The van der Waals surface area contributed by atoms with Crippen molar-refractivity contribution in [1.82, 2.24) is 0 Å². The van der Waals surface area contributed by atoms with Crippen molar-refractivity contribution < 1.29 is 9.72 Å². The van der Waals surface area contributed by atoms with Crippen molar-refractivity contribution in [3.8, 4) is 0 Å². The normalized spacial score (nSPS) is 9.93. The van der Waals surface area contributed by atoms with E-state index in [-0.39, 0.29) is 22.1 Å². The van der Waals surface area contributed by atoms with Gasteiger partial charge in [-0.25, -0.2) is 0 Å². The summed E-state index contributed by atoms with van der Waals surface area (Å²) in [4.78, 5) is 21.1. The number of Topliss-reactive ketones (excluding diaryl/α,β-unsaturated/α-hetero) is 1. The van der Waals surface area contributed by atoms with Gasteiger partial charge in [0.1, 0.15) is 5.02 Å². The number of nitro groups is 1. The fourth-order valence-electron chi connectivity index (χ4n) is 0.980. The summed E-state index contributed by atoms with van der Waals surface area (Å²) in [5.41, 5.74) is -0.0289. The summed E-state index contributed by atoms with van der Waals surface area (Å²) in [6.45, 7) is 1.32. The lowest BCUT2D eigenvalue weighted by Gasteiger charge is -2.02. The van der Waals surface area contributed by atoms with Crippen LogP contribution in [0, 0.1) is 13.7 Å². The van der Waals surface area contributed by atoms with E-state index in [1.807, 2.05) is 0 Å². The largest absolute Gasteiger partial charge is 0.301 e. The molecule has 14 heavy (non-hydrogen) atoms. The van der Waals surface area contributed by atoms with Crippen LogP contribution in [0.15, 0.2) is 12.1 Å². The SMILES string of the molecule is CC(=O)c1ccc(I)c([N+](=O)[O-])c1Cl. The summed E-state index contributed by atoms with van der Waals surface area (Å²) in [7, 11) is 0. The molecule has 6 heteroatoms. The number of ketones is 1. The Bertz CT molecular complexity index is 419. The van der Waals surface area contributed by atoms with E-state index in [0.717, 1.165) is 0 Å². The molecule has 1 aromatic rings. The van der Waals surface area contributed by atoms with Crippen LogP contribution in [0.4, 0.5) is 5.69 Å². The van der Waals surface area contributed by atoms with Crippen LogP contribution < -0.4 is 0 Å². The van der Waals surface area contributed by atoms with Crippen molar-refractivity contribution in [3.05, 3.63) is 36.4 Å². The van der Waals surface area contributed by atoms with Crippen LogP contribution in [0.3, 0.4) is 0 Å². The summed E-state index contributed by atoms with van der Waals surface area (Å²) in [5, 5.41) is 10.5. The number of benzene rings is 1. The Morgan fingerprint density at radius 1 is 1.57 bits per heavy atom. The van der Waals surface area contributed by atoms with Crippen molar-refractivity contribution in [3.63, 3.8) is 0 Å². The predicted octanol–water partition coefficient (Wildman–Crippen LogP) is 3.06. The molecule has 0 unspecified atom stereocenters. The number of hydrogen-bond donors (Lipinski definition) is 0. The van der Waals surface area contributed by atoms with Crippen LogP contribution in [-0.2, 0) is 0 Å². The summed E-state index contributed by atoms with van der Waals surface area (Å²) >= 11 is 7.54. The fraction of sp³-hybridized carbons (Fsp3) is 0.125. The van der Waals surface area contributed by atoms with Crippen molar-refractivity contribution in [2.24, 2.45) is 0 Å². The second kappa shape index (κ2) is 4.22. The average molecular weight is 325 g/mol. The van der Waals surface area contributed by atoms with E-state index < -0.39 is 4.92 Å². The van der Waals surface area contributed by atoms with E-state index in [4.69, 9.17) is 11.6 Å². The van der Waals surface area contributed by atoms with Gasteiger partial charge in [-0.3, -0.25) is 14.9 Å². The lowest BCUT2D eigenvalue weighted by Crippen LogP contribution is -1.99. The van der Waals surface area contributed by atoms with Crippen molar-refractivity contribution in [2.75, 3.05) is 0 Å². The van der Waals surface area contributed by atoms with E-state index in [1.165, 1.54) is 19.1 Å². The number of halogens is 2. The van der Waals surface area contributed by atoms with Gasteiger partial charge in [0.05, 0.1) is 8.49 Å². The van der Waals surface area contributed by atoms with Crippen LogP contribution in [0.5, 0.6) is 0 Å². The third-order valence-corrected chi connectivity index (χ3v) is 2.88. The Kier molecular flexibility index (Phi) is 3.43. The number of rotatable bonds is 2.